The minimum Gasteiger partial charge on any atom is -0.189 e. The molecular weight excluding hydrogens is 213 g/mol. The van der Waals surface area contributed by atoms with E-state index in [2.05, 4.69) is 26.8 Å². The summed E-state index contributed by atoms with van der Waals surface area (Å²) in [6.07, 6.45) is 11.2. The van der Waals surface area contributed by atoms with Crippen molar-refractivity contribution >= 4 is 12.8 Å². The highest BCUT2D eigenvalue weighted by Crippen LogP contribution is 2.30. The van der Waals surface area contributed by atoms with Crippen LogP contribution < -0.4 is 0 Å². The van der Waals surface area contributed by atoms with Crippen LogP contribution in [0.2, 0.25) is 0 Å². The average molecular weight is 240 g/mol. The van der Waals surface area contributed by atoms with E-state index >= 15 is 0 Å². The van der Waals surface area contributed by atoms with Crippen LogP contribution in [0.25, 0.3) is 0 Å². The molecular formula is C14H27NP+. The minimum atomic E-state index is -0.0920. The Bertz CT molecular complexity index is 228. The molecule has 0 amide bonds. The third-order valence-corrected chi connectivity index (χ3v) is 5.64. The van der Waals surface area contributed by atoms with Gasteiger partial charge in [-0.15, -0.1) is 0 Å². The van der Waals surface area contributed by atoms with Gasteiger partial charge < -0.3 is 0 Å². The van der Waals surface area contributed by atoms with Crippen LogP contribution in [0.3, 0.4) is 0 Å². The van der Waals surface area contributed by atoms with Gasteiger partial charge in [-0.3, -0.25) is 0 Å². The zero-order chi connectivity index (χ0) is 12.2. The molecule has 0 aliphatic rings. The highest BCUT2D eigenvalue weighted by atomic mass is 31.1. The summed E-state index contributed by atoms with van der Waals surface area (Å²) in [5, 5.41) is 10.5. The minimum absolute atomic E-state index is 0.0920. The van der Waals surface area contributed by atoms with E-state index in [9.17, 15) is 5.26 Å². The largest absolute Gasteiger partial charge is 0.196 e. The molecule has 16 heavy (non-hydrogen) atoms. The first kappa shape index (κ1) is 15.7. The van der Waals surface area contributed by atoms with Crippen LogP contribution in [0.1, 0.15) is 65.7 Å². The number of hydrogen-bond acceptors (Lipinski definition) is 1. The molecule has 0 unspecified atom stereocenters. The van der Waals surface area contributed by atoms with Gasteiger partial charge in [0.05, 0.1) is 0 Å². The maximum absolute atomic E-state index is 9.25. The first-order valence-corrected chi connectivity index (χ1v) is 8.52. The Hall–Kier alpha value is -0.340. The lowest BCUT2D eigenvalue weighted by Crippen LogP contribution is -1.98. The van der Waals surface area contributed by atoms with E-state index in [0.29, 0.717) is 0 Å². The molecule has 0 spiro atoms. The number of nitriles is 1. The van der Waals surface area contributed by atoms with E-state index in [1.807, 2.05) is 0 Å². The molecule has 0 saturated heterocycles. The van der Waals surface area contributed by atoms with Crippen LogP contribution in [0, 0.1) is 11.3 Å². The van der Waals surface area contributed by atoms with E-state index in [1.165, 1.54) is 56.1 Å². The van der Waals surface area contributed by atoms with Gasteiger partial charge in [0.25, 0.3) is 0 Å². The van der Waals surface area contributed by atoms with Crippen LogP contribution in [0.4, 0.5) is 0 Å². The Morgan fingerprint density at radius 1 is 0.938 bits per heavy atom. The number of unbranched alkanes of at least 4 members (excludes halogenated alkanes) is 3. The highest BCUT2D eigenvalue weighted by molar-refractivity contribution is 7.59. The normalized spacial score (nSPS) is 9.88. The van der Waals surface area contributed by atoms with Gasteiger partial charge in [0.2, 0.25) is 0 Å². The number of rotatable bonds is 9. The third kappa shape index (κ3) is 7.02. The molecule has 1 nitrogen and oxygen atoms in total. The molecule has 0 fully saturated rings. The molecule has 0 heterocycles. The van der Waals surface area contributed by atoms with Gasteiger partial charge in [-0.2, -0.15) is 5.26 Å². The summed E-state index contributed by atoms with van der Waals surface area (Å²) in [7, 11) is -0.0920. The first-order chi connectivity index (χ1) is 7.79. The zero-order valence-electron chi connectivity index (χ0n) is 11.3. The van der Waals surface area contributed by atoms with Crippen LogP contribution in [0.5, 0.6) is 0 Å². The number of hydrogen-bond donors (Lipinski definition) is 0. The second kappa shape index (κ2) is 11.2. The summed E-state index contributed by atoms with van der Waals surface area (Å²) in [5.41, 5.74) is 0. The topological polar surface area (TPSA) is 23.8 Å². The van der Waals surface area contributed by atoms with Crippen molar-refractivity contribution in [2.75, 3.05) is 12.3 Å². The molecule has 0 radical (unpaired) electrons. The molecule has 92 valence electrons. The molecule has 0 N–H and O–H groups in total. The van der Waals surface area contributed by atoms with Crippen LogP contribution >= 0.6 is 7.55 Å². The van der Waals surface area contributed by atoms with E-state index in [-0.39, 0.29) is 7.55 Å². The van der Waals surface area contributed by atoms with Crippen molar-refractivity contribution < 1.29 is 0 Å². The van der Waals surface area contributed by atoms with Gasteiger partial charge in [-0.1, -0.05) is 40.0 Å². The molecule has 2 heteroatoms. The quantitative estimate of drug-likeness (QED) is 0.523. The number of nitrogens with zero attached hydrogens (tertiary/aromatic N) is 1. The van der Waals surface area contributed by atoms with E-state index in [1.54, 1.807) is 0 Å². The smallest absolute Gasteiger partial charge is 0.189 e. The van der Waals surface area contributed by atoms with Crippen molar-refractivity contribution in [3.63, 3.8) is 0 Å². The summed E-state index contributed by atoms with van der Waals surface area (Å²) >= 11 is 0. The SMILES string of the molecule is CCCCC(C#N)=[P+](CCCC)CCCC. The summed E-state index contributed by atoms with van der Waals surface area (Å²) in [4.78, 5) is 0. The Morgan fingerprint density at radius 2 is 1.44 bits per heavy atom. The van der Waals surface area contributed by atoms with E-state index in [4.69, 9.17) is 0 Å². The van der Waals surface area contributed by atoms with Gasteiger partial charge in [0.15, 0.2) is 5.29 Å². The lowest BCUT2D eigenvalue weighted by atomic mass is 10.2. The van der Waals surface area contributed by atoms with Crippen molar-refractivity contribution in [3.05, 3.63) is 0 Å². The summed E-state index contributed by atoms with van der Waals surface area (Å²) < 4.78 is 0. The average Bonchev–Trinajstić information content (AvgIpc) is 2.32. The van der Waals surface area contributed by atoms with Gasteiger partial charge >= 0.3 is 0 Å². The maximum atomic E-state index is 9.25. The van der Waals surface area contributed by atoms with Crippen molar-refractivity contribution in [1.29, 1.82) is 5.26 Å². The fourth-order valence-corrected chi connectivity index (χ4v) is 4.48. The molecule has 0 bridgehead atoms. The lowest BCUT2D eigenvalue weighted by Gasteiger charge is -1.99. The molecule has 0 rings (SSSR count). The Morgan fingerprint density at radius 3 is 1.81 bits per heavy atom. The fourth-order valence-electron chi connectivity index (χ4n) is 1.71. The van der Waals surface area contributed by atoms with Crippen LogP contribution in [-0.4, -0.2) is 17.6 Å². The molecule has 0 atom stereocenters. The Balaban J connectivity index is 4.48. The van der Waals surface area contributed by atoms with Gasteiger partial charge in [0, 0.05) is 6.42 Å². The van der Waals surface area contributed by atoms with Crippen molar-refractivity contribution in [3.8, 4) is 6.07 Å². The van der Waals surface area contributed by atoms with Gasteiger partial charge in [0.1, 0.15) is 25.9 Å². The second-order valence-electron chi connectivity index (χ2n) is 4.36. The Labute approximate surface area is 103 Å². The van der Waals surface area contributed by atoms with E-state index in [0.717, 1.165) is 6.42 Å². The predicted octanol–water partition coefficient (Wildman–Crippen LogP) is 4.95. The van der Waals surface area contributed by atoms with Crippen LogP contribution in [-0.2, 0) is 0 Å². The molecule has 0 aromatic carbocycles. The first-order valence-electron chi connectivity index (χ1n) is 6.80. The second-order valence-corrected chi connectivity index (χ2v) is 6.87. The summed E-state index contributed by atoms with van der Waals surface area (Å²) in [5.74, 6) is 0. The molecule has 0 saturated carbocycles. The zero-order valence-corrected chi connectivity index (χ0v) is 12.2. The molecule has 0 aliphatic heterocycles. The summed E-state index contributed by atoms with van der Waals surface area (Å²) in [6.45, 7) is 6.69. The van der Waals surface area contributed by atoms with Gasteiger partial charge in [-0.05, 0) is 19.3 Å². The summed E-state index contributed by atoms with van der Waals surface area (Å²) in [6, 6.07) is 2.50. The fraction of sp³-hybridized carbons (Fsp3) is 0.857. The van der Waals surface area contributed by atoms with Crippen molar-refractivity contribution in [1.82, 2.24) is 0 Å². The van der Waals surface area contributed by atoms with Gasteiger partial charge in [-0.25, -0.2) is 0 Å². The molecule has 0 aliphatic carbocycles. The lowest BCUT2D eigenvalue weighted by molar-refractivity contribution is 0.840. The van der Waals surface area contributed by atoms with Crippen molar-refractivity contribution in [2.45, 2.75) is 65.7 Å². The molecule has 0 aromatic rings. The predicted molar refractivity (Wildman–Crippen MR) is 76.6 cm³/mol. The third-order valence-electron chi connectivity index (χ3n) is 2.84. The van der Waals surface area contributed by atoms with Crippen LogP contribution in [0.15, 0.2) is 0 Å². The monoisotopic (exact) mass is 240 g/mol. The molecule has 0 aromatic heterocycles. The Kier molecular flexibility index (Phi) is 10.9. The maximum Gasteiger partial charge on any atom is 0.196 e. The van der Waals surface area contributed by atoms with E-state index < -0.39 is 0 Å². The van der Waals surface area contributed by atoms with Crippen molar-refractivity contribution in [2.24, 2.45) is 0 Å². The highest BCUT2D eigenvalue weighted by Gasteiger charge is 2.17. The standard InChI is InChI=1S/C14H27NP/c1-4-7-10-14(13-15)16(11-8-5-2)12-9-6-3/h4-12H2,1-3H3/q+1.